The Morgan fingerprint density at radius 1 is 1.38 bits per heavy atom. The van der Waals surface area contributed by atoms with Crippen LogP contribution in [0.2, 0.25) is 0 Å². The number of H-pyrrole nitrogens is 2. The molecule has 1 saturated heterocycles. The van der Waals surface area contributed by atoms with Gasteiger partial charge in [-0.25, -0.2) is 4.79 Å². The van der Waals surface area contributed by atoms with Gasteiger partial charge in [-0.1, -0.05) is 0 Å². The quantitative estimate of drug-likeness (QED) is 0.632. The zero-order chi connectivity index (χ0) is 15.5. The highest BCUT2D eigenvalue weighted by molar-refractivity contribution is 5.78. The molecular weight excluding hydrogens is 278 g/mol. The van der Waals surface area contributed by atoms with Crippen LogP contribution in [0.5, 0.6) is 0 Å². The number of nitrogens with zero attached hydrogens (tertiary/aromatic N) is 1. The lowest BCUT2D eigenvalue weighted by molar-refractivity contribution is -0.136. The van der Waals surface area contributed by atoms with Crippen molar-refractivity contribution < 1.29 is 14.6 Å². The number of hydrogen-bond donors (Lipinski definition) is 3. The van der Waals surface area contributed by atoms with Crippen molar-refractivity contribution in [1.82, 2.24) is 14.9 Å². The molecule has 116 valence electrons. The molecule has 0 aliphatic carbocycles. The molecule has 0 bridgehead atoms. The number of aromatic nitrogens is 2. The fourth-order valence-electron chi connectivity index (χ4n) is 2.35. The molecule has 8 heteroatoms. The first-order chi connectivity index (χ1) is 9.88. The Bertz CT molecular complexity index is 586. The average Bonchev–Trinajstić information content (AvgIpc) is 2.37. The van der Waals surface area contributed by atoms with Crippen molar-refractivity contribution in [2.45, 2.75) is 24.9 Å². The Kier molecular flexibility index (Phi) is 4.59. The molecule has 1 amide bonds. The van der Waals surface area contributed by atoms with Crippen molar-refractivity contribution in [3.63, 3.8) is 0 Å². The predicted molar refractivity (Wildman–Crippen MR) is 74.0 cm³/mol. The molecule has 0 unspecified atom stereocenters. The Hall–Kier alpha value is -1.93. The van der Waals surface area contributed by atoms with E-state index in [0.29, 0.717) is 26.1 Å². The van der Waals surface area contributed by atoms with Crippen molar-refractivity contribution in [3.8, 4) is 0 Å². The maximum absolute atomic E-state index is 12.1. The number of amides is 1. The van der Waals surface area contributed by atoms with Crippen molar-refractivity contribution in [3.05, 3.63) is 32.6 Å². The number of aliphatic hydroxyl groups is 1. The highest BCUT2D eigenvalue weighted by Crippen LogP contribution is 2.21. The Labute approximate surface area is 120 Å². The van der Waals surface area contributed by atoms with Gasteiger partial charge < -0.3 is 19.7 Å². The lowest BCUT2D eigenvalue weighted by Gasteiger charge is -2.35. The Morgan fingerprint density at radius 3 is 2.67 bits per heavy atom. The van der Waals surface area contributed by atoms with Crippen molar-refractivity contribution >= 4 is 5.91 Å². The fraction of sp³-hybridized carbons (Fsp3) is 0.615. The summed E-state index contributed by atoms with van der Waals surface area (Å²) in [5.74, 6) is -0.281. The number of carbonyl (C=O) groups is 1. The van der Waals surface area contributed by atoms with Crippen LogP contribution in [-0.2, 0) is 16.0 Å². The molecule has 1 aliphatic rings. The number of ether oxygens (including phenoxy) is 1. The minimum absolute atomic E-state index is 0.0950. The summed E-state index contributed by atoms with van der Waals surface area (Å²) in [4.78, 5) is 40.3. The van der Waals surface area contributed by atoms with E-state index < -0.39 is 16.9 Å². The zero-order valence-electron chi connectivity index (χ0n) is 11.8. The van der Waals surface area contributed by atoms with Gasteiger partial charge >= 0.3 is 5.69 Å². The van der Waals surface area contributed by atoms with E-state index >= 15 is 0 Å². The van der Waals surface area contributed by atoms with Crippen LogP contribution in [0.1, 0.15) is 18.5 Å². The second-order valence-corrected chi connectivity index (χ2v) is 5.38. The van der Waals surface area contributed by atoms with Gasteiger partial charge in [0.15, 0.2) is 0 Å². The van der Waals surface area contributed by atoms with Gasteiger partial charge in [0.25, 0.3) is 5.56 Å². The molecule has 0 saturated carbocycles. The van der Waals surface area contributed by atoms with Gasteiger partial charge in [-0.2, -0.15) is 0 Å². The lowest BCUT2D eigenvalue weighted by atomic mass is 9.94. The number of nitrogens with one attached hydrogen (secondary N) is 2. The summed E-state index contributed by atoms with van der Waals surface area (Å²) < 4.78 is 5.19. The van der Waals surface area contributed by atoms with Crippen LogP contribution in [0.15, 0.2) is 15.7 Å². The Morgan fingerprint density at radius 2 is 2.05 bits per heavy atom. The number of carbonyl (C=O) groups excluding carboxylic acids is 1. The van der Waals surface area contributed by atoms with Gasteiger partial charge in [-0.05, 0) is 0 Å². The standard InChI is InChI=1S/C13H19N3O5/c1-16(8-13(20)2-4-21-5-3-13)11(18)7-9-6-10(17)15-12(19)14-9/h6,20H,2-5,7-8H2,1H3,(H2,14,15,17,19). The smallest absolute Gasteiger partial charge is 0.325 e. The summed E-state index contributed by atoms with van der Waals surface area (Å²) in [6.07, 6.45) is 0.862. The van der Waals surface area contributed by atoms with Crippen molar-refractivity contribution in [1.29, 1.82) is 0 Å². The SMILES string of the molecule is CN(CC1(O)CCOCC1)C(=O)Cc1cc(=O)[nH]c(=O)[nH]1. The topological polar surface area (TPSA) is 115 Å². The first kappa shape index (κ1) is 15.5. The second-order valence-electron chi connectivity index (χ2n) is 5.38. The van der Waals surface area contributed by atoms with E-state index in [1.165, 1.54) is 11.0 Å². The molecule has 1 aliphatic heterocycles. The molecule has 0 atom stereocenters. The molecule has 1 aromatic rings. The van der Waals surface area contributed by atoms with E-state index in [0.717, 1.165) is 0 Å². The first-order valence-corrected chi connectivity index (χ1v) is 6.75. The molecule has 0 aromatic carbocycles. The van der Waals surface area contributed by atoms with Crippen LogP contribution in [0.3, 0.4) is 0 Å². The van der Waals surface area contributed by atoms with Crippen LogP contribution < -0.4 is 11.2 Å². The number of rotatable bonds is 4. The molecule has 0 radical (unpaired) electrons. The van der Waals surface area contributed by atoms with Crippen LogP contribution in [0, 0.1) is 0 Å². The summed E-state index contributed by atoms with van der Waals surface area (Å²) >= 11 is 0. The summed E-state index contributed by atoms with van der Waals surface area (Å²) in [5, 5.41) is 10.4. The fourth-order valence-corrected chi connectivity index (χ4v) is 2.35. The van der Waals surface area contributed by atoms with Gasteiger partial charge in [-0.3, -0.25) is 14.6 Å². The van der Waals surface area contributed by atoms with E-state index in [9.17, 15) is 19.5 Å². The summed E-state index contributed by atoms with van der Waals surface area (Å²) in [6, 6.07) is 1.18. The van der Waals surface area contributed by atoms with E-state index in [2.05, 4.69) is 4.98 Å². The largest absolute Gasteiger partial charge is 0.388 e. The lowest BCUT2D eigenvalue weighted by Crippen LogP contribution is -2.47. The number of aromatic amines is 2. The normalized spacial score (nSPS) is 17.4. The van der Waals surface area contributed by atoms with Crippen LogP contribution in [-0.4, -0.2) is 58.3 Å². The highest BCUT2D eigenvalue weighted by atomic mass is 16.5. The van der Waals surface area contributed by atoms with E-state index in [-0.39, 0.29) is 24.6 Å². The van der Waals surface area contributed by atoms with Crippen LogP contribution >= 0.6 is 0 Å². The highest BCUT2D eigenvalue weighted by Gasteiger charge is 2.32. The minimum atomic E-state index is -0.940. The molecule has 2 rings (SSSR count). The molecule has 0 spiro atoms. The maximum atomic E-state index is 12.1. The van der Waals surface area contributed by atoms with Gasteiger partial charge in [0.1, 0.15) is 0 Å². The molecule has 3 N–H and O–H groups in total. The van der Waals surface area contributed by atoms with Gasteiger partial charge in [0.05, 0.1) is 12.0 Å². The molecule has 8 nitrogen and oxygen atoms in total. The van der Waals surface area contributed by atoms with E-state index in [4.69, 9.17) is 4.74 Å². The third-order valence-electron chi connectivity index (χ3n) is 3.54. The third-order valence-corrected chi connectivity index (χ3v) is 3.54. The molecule has 1 fully saturated rings. The third kappa shape index (κ3) is 4.27. The van der Waals surface area contributed by atoms with Crippen molar-refractivity contribution in [2.75, 3.05) is 26.8 Å². The maximum Gasteiger partial charge on any atom is 0.325 e. The number of hydrogen-bond acceptors (Lipinski definition) is 5. The molecule has 1 aromatic heterocycles. The zero-order valence-corrected chi connectivity index (χ0v) is 11.8. The van der Waals surface area contributed by atoms with Gasteiger partial charge in [0, 0.05) is 51.4 Å². The molecule has 2 heterocycles. The minimum Gasteiger partial charge on any atom is -0.388 e. The molecular formula is C13H19N3O5. The van der Waals surface area contributed by atoms with Crippen molar-refractivity contribution in [2.24, 2.45) is 0 Å². The first-order valence-electron chi connectivity index (χ1n) is 6.75. The summed E-state index contributed by atoms with van der Waals surface area (Å²) in [7, 11) is 1.58. The van der Waals surface area contributed by atoms with Gasteiger partial charge in [-0.15, -0.1) is 0 Å². The van der Waals surface area contributed by atoms with E-state index in [1.54, 1.807) is 7.05 Å². The average molecular weight is 297 g/mol. The number of likely N-dealkylation sites (N-methyl/N-ethyl adjacent to an activating group) is 1. The van der Waals surface area contributed by atoms with Gasteiger partial charge in [0.2, 0.25) is 5.91 Å². The molecule has 21 heavy (non-hydrogen) atoms. The van der Waals surface area contributed by atoms with Crippen LogP contribution in [0.4, 0.5) is 0 Å². The summed E-state index contributed by atoms with van der Waals surface area (Å²) in [6.45, 7) is 1.14. The van der Waals surface area contributed by atoms with E-state index in [1.807, 2.05) is 4.98 Å². The summed E-state index contributed by atoms with van der Waals surface area (Å²) in [5.41, 5.74) is -1.88. The second kappa shape index (κ2) is 6.23. The monoisotopic (exact) mass is 297 g/mol. The predicted octanol–water partition coefficient (Wildman–Crippen LogP) is -1.39. The Balaban J connectivity index is 1.99. The van der Waals surface area contributed by atoms with Crippen LogP contribution in [0.25, 0.3) is 0 Å².